The van der Waals surface area contributed by atoms with Crippen molar-refractivity contribution in [2.45, 2.75) is 19.0 Å². The van der Waals surface area contributed by atoms with E-state index in [1.165, 1.54) is 18.4 Å². The zero-order chi connectivity index (χ0) is 24.1. The van der Waals surface area contributed by atoms with Crippen molar-refractivity contribution in [1.82, 2.24) is 10.3 Å². The lowest BCUT2D eigenvalue weighted by atomic mass is 9.96. The molecule has 1 aliphatic rings. The van der Waals surface area contributed by atoms with E-state index in [4.69, 9.17) is 13.6 Å². The molecule has 11 heteroatoms. The number of oxazole rings is 1. The zero-order valence-corrected chi connectivity index (χ0v) is 18.0. The van der Waals surface area contributed by atoms with Crippen molar-refractivity contribution in [2.24, 2.45) is 5.92 Å². The van der Waals surface area contributed by atoms with Crippen LogP contribution in [-0.4, -0.2) is 37.1 Å². The second-order valence-electron chi connectivity index (χ2n) is 7.68. The van der Waals surface area contributed by atoms with Crippen molar-refractivity contribution >= 4 is 11.8 Å². The lowest BCUT2D eigenvalue weighted by molar-refractivity contribution is -0.137. The molecule has 178 valence electrons. The van der Waals surface area contributed by atoms with Gasteiger partial charge < -0.3 is 23.8 Å². The first-order chi connectivity index (χ1) is 16.3. The van der Waals surface area contributed by atoms with Gasteiger partial charge in [0.05, 0.1) is 18.4 Å². The number of halogens is 3. The van der Waals surface area contributed by atoms with E-state index in [1.807, 2.05) is 11.0 Å². The summed E-state index contributed by atoms with van der Waals surface area (Å²) in [6, 6.07) is 9.81. The smallest absolute Gasteiger partial charge is 0.416 e. The van der Waals surface area contributed by atoms with Crippen molar-refractivity contribution in [1.29, 1.82) is 5.26 Å². The number of furan rings is 1. The lowest BCUT2D eigenvalue weighted by Crippen LogP contribution is -2.41. The van der Waals surface area contributed by atoms with Crippen LogP contribution in [0.5, 0.6) is 5.75 Å². The fourth-order valence-corrected chi connectivity index (χ4v) is 3.68. The Hall–Kier alpha value is -3.94. The average Bonchev–Trinajstić information content (AvgIpc) is 3.51. The van der Waals surface area contributed by atoms with E-state index in [0.29, 0.717) is 43.3 Å². The van der Waals surface area contributed by atoms with Crippen LogP contribution in [0.15, 0.2) is 51.5 Å². The molecule has 34 heavy (non-hydrogen) atoms. The van der Waals surface area contributed by atoms with Crippen molar-refractivity contribution in [3.8, 4) is 23.5 Å². The maximum absolute atomic E-state index is 12.6. The number of hydrogen-bond acceptors (Lipinski definition) is 7. The number of benzene rings is 1. The van der Waals surface area contributed by atoms with Crippen LogP contribution in [0.25, 0.3) is 11.7 Å². The Bertz CT molecular complexity index is 1140. The van der Waals surface area contributed by atoms with E-state index in [1.54, 1.807) is 12.1 Å². The highest BCUT2D eigenvalue weighted by atomic mass is 19.4. The highest BCUT2D eigenvalue weighted by Gasteiger charge is 2.30. The molecule has 0 radical (unpaired) electrons. The first-order valence-corrected chi connectivity index (χ1v) is 10.6. The van der Waals surface area contributed by atoms with Crippen LogP contribution in [0.2, 0.25) is 0 Å². The average molecular weight is 474 g/mol. The van der Waals surface area contributed by atoms with Crippen molar-refractivity contribution in [3.63, 3.8) is 0 Å². The molecule has 1 aromatic carbocycles. The summed E-state index contributed by atoms with van der Waals surface area (Å²) in [5, 5.41) is 12.2. The van der Waals surface area contributed by atoms with Crippen LogP contribution in [0.3, 0.4) is 0 Å². The largest absolute Gasteiger partial charge is 0.492 e. The number of nitriles is 1. The number of rotatable bonds is 7. The van der Waals surface area contributed by atoms with E-state index in [0.717, 1.165) is 12.1 Å². The molecule has 1 fully saturated rings. The monoisotopic (exact) mass is 474 g/mol. The minimum Gasteiger partial charge on any atom is -0.492 e. The fourth-order valence-electron chi connectivity index (χ4n) is 3.68. The molecule has 3 aromatic rings. The van der Waals surface area contributed by atoms with Gasteiger partial charge in [0, 0.05) is 19.0 Å². The third-order valence-corrected chi connectivity index (χ3v) is 5.45. The normalized spacial score (nSPS) is 14.6. The molecule has 1 aliphatic heterocycles. The summed E-state index contributed by atoms with van der Waals surface area (Å²) in [6.45, 7) is 1.39. The molecule has 3 heterocycles. The van der Waals surface area contributed by atoms with Crippen LogP contribution in [0.4, 0.5) is 19.1 Å². The molecular weight excluding hydrogens is 453 g/mol. The Morgan fingerprint density at radius 1 is 1.24 bits per heavy atom. The van der Waals surface area contributed by atoms with Crippen molar-refractivity contribution in [2.75, 3.05) is 31.1 Å². The van der Waals surface area contributed by atoms with Crippen LogP contribution in [0.1, 0.15) is 24.1 Å². The maximum Gasteiger partial charge on any atom is 0.416 e. The highest BCUT2D eigenvalue weighted by Crippen LogP contribution is 2.32. The lowest BCUT2D eigenvalue weighted by Gasteiger charge is -2.30. The molecule has 0 saturated carbocycles. The number of piperidine rings is 1. The zero-order valence-electron chi connectivity index (χ0n) is 18.0. The Morgan fingerprint density at radius 2 is 1.97 bits per heavy atom. The number of amides is 1. The first-order valence-electron chi connectivity index (χ1n) is 10.6. The molecular formula is C23H21F3N4O4. The third kappa shape index (κ3) is 5.33. The summed E-state index contributed by atoms with van der Waals surface area (Å²) in [7, 11) is 0. The Kier molecular flexibility index (Phi) is 6.77. The quantitative estimate of drug-likeness (QED) is 0.511. The van der Waals surface area contributed by atoms with Gasteiger partial charge in [-0.15, -0.1) is 0 Å². The number of anilines is 1. The maximum atomic E-state index is 12.6. The van der Waals surface area contributed by atoms with Crippen molar-refractivity contribution in [3.05, 3.63) is 53.9 Å². The van der Waals surface area contributed by atoms with Crippen LogP contribution in [-0.2, 0) is 11.0 Å². The second-order valence-corrected chi connectivity index (χ2v) is 7.68. The molecule has 0 bridgehead atoms. The summed E-state index contributed by atoms with van der Waals surface area (Å²) in [6.07, 6.45) is -1.78. The molecule has 0 aliphatic carbocycles. The van der Waals surface area contributed by atoms with Gasteiger partial charge in [0.1, 0.15) is 18.4 Å². The SMILES string of the molecule is N#Cc1nc(-c2ccco2)oc1N1CCC(C(=O)NCCOc2ccc(C(F)(F)F)cc2)CC1. The number of carbonyl (C=O) groups excluding carboxylic acids is 1. The molecule has 8 nitrogen and oxygen atoms in total. The van der Waals surface area contributed by atoms with E-state index < -0.39 is 11.7 Å². The molecule has 4 rings (SSSR count). The number of ether oxygens (including phenoxy) is 1. The number of carbonyl (C=O) groups is 1. The summed E-state index contributed by atoms with van der Waals surface area (Å²) in [5.41, 5.74) is -0.585. The Balaban J connectivity index is 1.22. The number of aromatic nitrogens is 1. The fraction of sp³-hybridized carbons (Fsp3) is 0.348. The van der Waals surface area contributed by atoms with E-state index >= 15 is 0 Å². The molecule has 0 unspecified atom stereocenters. The summed E-state index contributed by atoms with van der Waals surface area (Å²) in [5.74, 6) is 0.980. The van der Waals surface area contributed by atoms with Gasteiger partial charge in [-0.1, -0.05) is 0 Å². The van der Waals surface area contributed by atoms with Gasteiger partial charge in [-0.05, 0) is 49.2 Å². The Morgan fingerprint density at radius 3 is 2.59 bits per heavy atom. The van der Waals surface area contributed by atoms with E-state index in [-0.39, 0.29) is 36.6 Å². The molecule has 2 aromatic heterocycles. The number of nitrogens with zero attached hydrogens (tertiary/aromatic N) is 3. The van der Waals surface area contributed by atoms with Gasteiger partial charge in [-0.3, -0.25) is 4.79 Å². The summed E-state index contributed by atoms with van der Waals surface area (Å²) in [4.78, 5) is 18.5. The third-order valence-electron chi connectivity index (χ3n) is 5.45. The highest BCUT2D eigenvalue weighted by molar-refractivity contribution is 5.79. The van der Waals surface area contributed by atoms with Crippen LogP contribution >= 0.6 is 0 Å². The second kappa shape index (κ2) is 9.91. The van der Waals surface area contributed by atoms with Crippen LogP contribution < -0.4 is 15.0 Å². The van der Waals surface area contributed by atoms with Gasteiger partial charge in [-0.2, -0.15) is 23.4 Å². The van der Waals surface area contributed by atoms with E-state index in [2.05, 4.69) is 10.3 Å². The molecule has 1 amide bonds. The van der Waals surface area contributed by atoms with E-state index in [9.17, 15) is 23.2 Å². The number of nitrogens with one attached hydrogen (secondary N) is 1. The van der Waals surface area contributed by atoms with Gasteiger partial charge in [-0.25, -0.2) is 0 Å². The molecule has 0 spiro atoms. The minimum atomic E-state index is -4.40. The van der Waals surface area contributed by atoms with Crippen LogP contribution in [0, 0.1) is 17.2 Å². The minimum absolute atomic E-state index is 0.120. The topological polar surface area (TPSA) is 105 Å². The molecule has 1 saturated heterocycles. The first kappa shape index (κ1) is 23.2. The predicted molar refractivity (Wildman–Crippen MR) is 114 cm³/mol. The Labute approximate surface area is 192 Å². The predicted octanol–water partition coefficient (Wildman–Crippen LogP) is 4.24. The number of hydrogen-bond donors (Lipinski definition) is 1. The van der Waals surface area contributed by atoms with Gasteiger partial charge in [0.25, 0.3) is 5.89 Å². The van der Waals surface area contributed by atoms with Gasteiger partial charge in [0.2, 0.25) is 17.5 Å². The van der Waals surface area contributed by atoms with Gasteiger partial charge in [0.15, 0.2) is 5.76 Å². The van der Waals surface area contributed by atoms with Gasteiger partial charge >= 0.3 is 6.18 Å². The van der Waals surface area contributed by atoms with Crippen molar-refractivity contribution < 1.29 is 31.5 Å². The standard InChI is InChI=1S/C23H21F3N4O4/c24-23(25,26)16-3-5-17(6-4-16)32-13-9-28-20(31)15-7-10-30(11-8-15)22-18(14-27)29-21(34-22)19-2-1-12-33-19/h1-6,12,15H,7-11,13H2,(H,28,31). The molecule has 1 N–H and O–H groups in total. The number of alkyl halides is 3. The summed E-state index contributed by atoms with van der Waals surface area (Å²) >= 11 is 0. The summed E-state index contributed by atoms with van der Waals surface area (Å²) < 4.78 is 54.2. The molecule has 0 atom stereocenters.